The maximum atomic E-state index is 13.7. The summed E-state index contributed by atoms with van der Waals surface area (Å²) in [7, 11) is 0. The summed E-state index contributed by atoms with van der Waals surface area (Å²) in [6.45, 7) is 0.641. The average Bonchev–Trinajstić information content (AvgIpc) is 2.37. The molecule has 9 heteroatoms. The molecule has 0 radical (unpaired) electrons. The van der Waals surface area contributed by atoms with Gasteiger partial charge in [0.2, 0.25) is 0 Å². The van der Waals surface area contributed by atoms with Crippen LogP contribution < -0.4 is 10.2 Å². The molecule has 1 N–H and O–H groups in total. The second-order valence-electron chi connectivity index (χ2n) is 4.21. The number of rotatable bonds is 1. The first-order chi connectivity index (χ1) is 9.25. The minimum Gasteiger partial charge on any atom is -0.364 e. The highest BCUT2D eigenvalue weighted by molar-refractivity contribution is 5.53. The Hall–Kier alpha value is -1.51. The molecule has 0 spiro atoms. The molecule has 20 heavy (non-hydrogen) atoms. The van der Waals surface area contributed by atoms with Crippen LogP contribution in [0.5, 0.6) is 0 Å². The fourth-order valence-electron chi connectivity index (χ4n) is 2.04. The van der Waals surface area contributed by atoms with Gasteiger partial charge in [-0.1, -0.05) is 0 Å². The lowest BCUT2D eigenvalue weighted by Gasteiger charge is -2.30. The van der Waals surface area contributed by atoms with Gasteiger partial charge in [-0.3, -0.25) is 0 Å². The van der Waals surface area contributed by atoms with Gasteiger partial charge in [0, 0.05) is 26.2 Å². The number of benzene rings is 1. The van der Waals surface area contributed by atoms with Crippen molar-refractivity contribution < 1.29 is 30.7 Å². The summed E-state index contributed by atoms with van der Waals surface area (Å²) in [4.78, 5) is 0.966. The smallest absolute Gasteiger partial charge is 0.364 e. The van der Waals surface area contributed by atoms with Gasteiger partial charge in [0.05, 0.1) is 0 Å². The van der Waals surface area contributed by atoms with Gasteiger partial charge in [-0.2, -0.15) is 13.2 Å². The Morgan fingerprint density at radius 1 is 0.800 bits per heavy atom. The highest BCUT2D eigenvalue weighted by Crippen LogP contribution is 2.39. The molecule has 0 saturated carbocycles. The second-order valence-corrected chi connectivity index (χ2v) is 4.21. The van der Waals surface area contributed by atoms with Crippen molar-refractivity contribution in [2.24, 2.45) is 0 Å². The van der Waals surface area contributed by atoms with Crippen LogP contribution in [-0.4, -0.2) is 26.2 Å². The lowest BCUT2D eigenvalue weighted by molar-refractivity contribution is -0.143. The maximum absolute atomic E-state index is 13.7. The van der Waals surface area contributed by atoms with Gasteiger partial charge in [-0.15, -0.1) is 0 Å². The van der Waals surface area contributed by atoms with E-state index < -0.39 is 40.7 Å². The van der Waals surface area contributed by atoms with Crippen molar-refractivity contribution in [1.29, 1.82) is 0 Å². The normalized spacial score (nSPS) is 16.6. The maximum Gasteiger partial charge on any atom is 0.422 e. The number of hydrogen-bond donors (Lipinski definition) is 1. The van der Waals surface area contributed by atoms with E-state index in [0.29, 0.717) is 13.1 Å². The van der Waals surface area contributed by atoms with Gasteiger partial charge in [0.25, 0.3) is 0 Å². The van der Waals surface area contributed by atoms with Crippen molar-refractivity contribution in [2.45, 2.75) is 6.18 Å². The number of alkyl halides is 3. The van der Waals surface area contributed by atoms with E-state index in [2.05, 4.69) is 5.32 Å². The summed E-state index contributed by atoms with van der Waals surface area (Å²) in [5.41, 5.74) is -3.65. The third-order valence-electron chi connectivity index (χ3n) is 2.96. The molecule has 1 fully saturated rings. The molecule has 112 valence electrons. The topological polar surface area (TPSA) is 15.3 Å². The Bertz CT molecular complexity index is 491. The Morgan fingerprint density at radius 3 is 1.65 bits per heavy atom. The summed E-state index contributed by atoms with van der Waals surface area (Å²) in [6.07, 6.45) is -5.52. The highest BCUT2D eigenvalue weighted by atomic mass is 19.4. The van der Waals surface area contributed by atoms with Crippen molar-refractivity contribution in [1.82, 2.24) is 5.32 Å². The quantitative estimate of drug-likeness (QED) is 0.634. The van der Waals surface area contributed by atoms with Crippen LogP contribution in [0.25, 0.3) is 0 Å². The van der Waals surface area contributed by atoms with Gasteiger partial charge < -0.3 is 10.2 Å². The molecule has 0 amide bonds. The van der Waals surface area contributed by atoms with E-state index in [4.69, 9.17) is 0 Å². The minimum absolute atomic E-state index is 0.0259. The van der Waals surface area contributed by atoms with Crippen molar-refractivity contribution >= 4 is 5.69 Å². The number of anilines is 1. The molecule has 0 aromatic heterocycles. The van der Waals surface area contributed by atoms with E-state index in [1.54, 1.807) is 0 Å². The van der Waals surface area contributed by atoms with Crippen molar-refractivity contribution in [3.8, 4) is 0 Å². The van der Waals surface area contributed by atoms with Gasteiger partial charge in [-0.25, -0.2) is 17.6 Å². The Balaban J connectivity index is 2.61. The molecule has 0 atom stereocenters. The van der Waals surface area contributed by atoms with Gasteiger partial charge in [0.1, 0.15) is 11.3 Å². The van der Waals surface area contributed by atoms with Crippen LogP contribution in [0.3, 0.4) is 0 Å². The van der Waals surface area contributed by atoms with Crippen molar-refractivity contribution in [3.63, 3.8) is 0 Å². The molecule has 1 aliphatic heterocycles. The number of nitrogens with one attached hydrogen (secondary N) is 1. The van der Waals surface area contributed by atoms with Crippen LogP contribution >= 0.6 is 0 Å². The molecular weight excluding hydrogens is 293 g/mol. The zero-order valence-electron chi connectivity index (χ0n) is 9.92. The number of nitrogens with zero attached hydrogens (tertiary/aromatic N) is 1. The van der Waals surface area contributed by atoms with E-state index in [1.807, 2.05) is 0 Å². The zero-order valence-corrected chi connectivity index (χ0v) is 9.92. The van der Waals surface area contributed by atoms with Crippen LogP contribution in [0, 0.1) is 23.3 Å². The summed E-state index contributed by atoms with van der Waals surface area (Å²) in [5.74, 6) is -8.91. The zero-order chi connectivity index (χ0) is 15.1. The number of hydrogen-bond acceptors (Lipinski definition) is 2. The number of piperazine rings is 1. The molecule has 1 heterocycles. The van der Waals surface area contributed by atoms with Crippen LogP contribution in [-0.2, 0) is 6.18 Å². The van der Waals surface area contributed by atoms with Crippen LogP contribution in [0.1, 0.15) is 5.56 Å². The molecule has 1 aromatic rings. The van der Waals surface area contributed by atoms with E-state index in [9.17, 15) is 30.7 Å². The Labute approximate surface area is 109 Å². The Kier molecular flexibility index (Phi) is 3.81. The predicted octanol–water partition coefficient (Wildman–Crippen LogP) is 2.67. The van der Waals surface area contributed by atoms with Crippen LogP contribution in [0.2, 0.25) is 0 Å². The summed E-state index contributed by atoms with van der Waals surface area (Å²) < 4.78 is 91.4. The van der Waals surface area contributed by atoms with Crippen LogP contribution in [0.4, 0.5) is 36.4 Å². The minimum atomic E-state index is -5.52. The van der Waals surface area contributed by atoms with Gasteiger partial charge in [-0.05, 0) is 0 Å². The summed E-state index contributed by atoms with van der Waals surface area (Å²) >= 11 is 0. The molecule has 0 bridgehead atoms. The van der Waals surface area contributed by atoms with Crippen LogP contribution in [0.15, 0.2) is 0 Å². The predicted molar refractivity (Wildman–Crippen MR) is 56.4 cm³/mol. The molecule has 1 aromatic carbocycles. The Morgan fingerprint density at radius 2 is 1.25 bits per heavy atom. The molecule has 2 rings (SSSR count). The molecule has 1 aliphatic rings. The summed E-state index contributed by atoms with van der Waals surface area (Å²) in [5, 5.41) is 2.83. The largest absolute Gasteiger partial charge is 0.422 e. The highest BCUT2D eigenvalue weighted by Gasteiger charge is 2.43. The molecule has 0 aliphatic carbocycles. The van der Waals surface area contributed by atoms with E-state index >= 15 is 0 Å². The van der Waals surface area contributed by atoms with Gasteiger partial charge >= 0.3 is 6.18 Å². The van der Waals surface area contributed by atoms with Crippen molar-refractivity contribution in [2.75, 3.05) is 31.1 Å². The number of halogens is 7. The van der Waals surface area contributed by atoms with Gasteiger partial charge in [0.15, 0.2) is 23.3 Å². The van der Waals surface area contributed by atoms with E-state index in [0.717, 1.165) is 4.90 Å². The fourth-order valence-corrected chi connectivity index (χ4v) is 2.04. The third kappa shape index (κ3) is 2.41. The third-order valence-corrected chi connectivity index (χ3v) is 2.96. The SMILES string of the molecule is Fc1c(F)c(C(F)(F)F)c(F)c(F)c1N1CCNCC1. The monoisotopic (exact) mass is 302 g/mol. The first-order valence-corrected chi connectivity index (χ1v) is 5.64. The second kappa shape index (κ2) is 5.12. The molecule has 1 saturated heterocycles. The van der Waals surface area contributed by atoms with E-state index in [-0.39, 0.29) is 13.1 Å². The van der Waals surface area contributed by atoms with E-state index in [1.165, 1.54) is 0 Å². The van der Waals surface area contributed by atoms with Crippen molar-refractivity contribution in [3.05, 3.63) is 28.8 Å². The lowest BCUT2D eigenvalue weighted by atomic mass is 10.1. The lowest BCUT2D eigenvalue weighted by Crippen LogP contribution is -2.44. The first kappa shape index (κ1) is 14.9. The first-order valence-electron chi connectivity index (χ1n) is 5.64. The molecular formula is C11H9F7N2. The summed E-state index contributed by atoms with van der Waals surface area (Å²) in [6, 6.07) is 0. The molecule has 2 nitrogen and oxygen atoms in total. The molecule has 0 unspecified atom stereocenters. The standard InChI is InChI=1S/C11H9F7N2/c12-6-5(11(16,17)18)7(13)9(15)10(8(6)14)20-3-1-19-2-4-20/h19H,1-4H2. The average molecular weight is 302 g/mol. The fraction of sp³-hybridized carbons (Fsp3) is 0.455.